The molecule has 3 heterocycles. The summed E-state index contributed by atoms with van der Waals surface area (Å²) in [5, 5.41) is 0. The van der Waals surface area contributed by atoms with Gasteiger partial charge in [0.05, 0.1) is 5.69 Å². The lowest BCUT2D eigenvalue weighted by Crippen LogP contribution is -2.43. The number of pyridine rings is 1. The highest BCUT2D eigenvalue weighted by Gasteiger charge is 2.18. The van der Waals surface area contributed by atoms with E-state index >= 15 is 0 Å². The number of aryl methyl sites for hydroxylation is 1. The summed E-state index contributed by atoms with van der Waals surface area (Å²) in [4.78, 5) is 15.6. The zero-order valence-corrected chi connectivity index (χ0v) is 14.9. The Morgan fingerprint density at radius 2 is 1.89 bits per heavy atom. The second-order valence-electron chi connectivity index (χ2n) is 6.43. The van der Waals surface area contributed by atoms with Gasteiger partial charge in [-0.2, -0.15) is 0 Å². The number of halogens is 3. The minimum atomic E-state index is -1.16. The van der Waals surface area contributed by atoms with Crippen LogP contribution in [0.5, 0.6) is 0 Å². The number of aromatic nitrogens is 3. The smallest absolute Gasteiger partial charge is 0.180 e. The number of hydrogen-bond donors (Lipinski definition) is 1. The average Bonchev–Trinajstić information content (AvgIpc) is 2.65. The minimum absolute atomic E-state index is 0.250. The van der Waals surface area contributed by atoms with E-state index in [4.69, 9.17) is 5.73 Å². The molecule has 3 aromatic rings. The standard InChI is InChI=1S/C13H17N5.C6H3F3/c1-9-7-15-11-4-5-12(17-13(11)16-9)18-6-2-3-10(14)8-18;7-4-1-2-5(8)6(9)3-4/h4-5,7,10H,2-3,6,8,14H2,1H3;1-3H/t10-;/m1./s1. The number of benzene rings is 1. The van der Waals surface area contributed by atoms with E-state index in [0.717, 1.165) is 55.1 Å². The lowest BCUT2D eigenvalue weighted by molar-refractivity contribution is 0.495. The second-order valence-corrected chi connectivity index (χ2v) is 6.43. The fraction of sp³-hybridized carbons (Fsp3) is 0.316. The maximum absolute atomic E-state index is 12.0. The molecule has 1 aliphatic rings. The second kappa shape index (κ2) is 8.30. The molecule has 0 spiro atoms. The van der Waals surface area contributed by atoms with E-state index in [9.17, 15) is 13.2 Å². The van der Waals surface area contributed by atoms with E-state index in [1.165, 1.54) is 0 Å². The minimum Gasteiger partial charge on any atom is -0.355 e. The molecule has 0 amide bonds. The Morgan fingerprint density at radius 3 is 2.59 bits per heavy atom. The number of hydrogen-bond acceptors (Lipinski definition) is 5. The molecule has 0 bridgehead atoms. The molecule has 1 aliphatic heterocycles. The SMILES string of the molecule is Cc1cnc2ccc(N3CCC[C@@H](N)C3)nc2n1.Fc1ccc(F)c(F)c1. The molecule has 0 saturated carbocycles. The Morgan fingerprint density at radius 1 is 1.07 bits per heavy atom. The predicted molar refractivity (Wildman–Crippen MR) is 97.8 cm³/mol. The van der Waals surface area contributed by atoms with Gasteiger partial charge in [0.25, 0.3) is 0 Å². The topological polar surface area (TPSA) is 67.9 Å². The number of piperidine rings is 1. The Bertz CT molecular complexity index is 934. The van der Waals surface area contributed by atoms with Crippen LogP contribution in [0.3, 0.4) is 0 Å². The number of nitrogens with two attached hydrogens (primary N) is 1. The first-order valence-corrected chi connectivity index (χ1v) is 8.64. The molecule has 142 valence electrons. The molecular weight excluding hydrogens is 355 g/mol. The molecule has 0 radical (unpaired) electrons. The molecule has 0 aliphatic carbocycles. The number of rotatable bonds is 1. The van der Waals surface area contributed by atoms with Gasteiger partial charge >= 0.3 is 0 Å². The van der Waals surface area contributed by atoms with Gasteiger partial charge in [0.15, 0.2) is 17.3 Å². The molecule has 0 unspecified atom stereocenters. The summed E-state index contributed by atoms with van der Waals surface area (Å²) in [6, 6.07) is 6.33. The third-order valence-electron chi connectivity index (χ3n) is 4.18. The summed E-state index contributed by atoms with van der Waals surface area (Å²) < 4.78 is 35.9. The van der Waals surface area contributed by atoms with Crippen molar-refractivity contribution < 1.29 is 13.2 Å². The predicted octanol–water partition coefficient (Wildman–Crippen LogP) is 3.36. The highest BCUT2D eigenvalue weighted by atomic mass is 19.2. The maximum Gasteiger partial charge on any atom is 0.180 e. The van der Waals surface area contributed by atoms with Crippen molar-refractivity contribution in [2.75, 3.05) is 18.0 Å². The van der Waals surface area contributed by atoms with E-state index in [0.29, 0.717) is 11.7 Å². The van der Waals surface area contributed by atoms with E-state index in [1.807, 2.05) is 19.1 Å². The normalized spacial score (nSPS) is 16.8. The maximum atomic E-state index is 12.0. The van der Waals surface area contributed by atoms with E-state index in [1.54, 1.807) is 6.20 Å². The fourth-order valence-electron chi connectivity index (χ4n) is 2.84. The van der Waals surface area contributed by atoms with Gasteiger partial charge < -0.3 is 10.6 Å². The van der Waals surface area contributed by atoms with Crippen LogP contribution in [0.4, 0.5) is 19.0 Å². The van der Waals surface area contributed by atoms with Crippen LogP contribution in [-0.2, 0) is 0 Å². The summed E-state index contributed by atoms with van der Waals surface area (Å²) in [6.45, 7) is 3.82. The van der Waals surface area contributed by atoms with Crippen molar-refractivity contribution in [3.05, 3.63) is 59.7 Å². The number of anilines is 1. The zero-order valence-electron chi connectivity index (χ0n) is 14.9. The molecule has 1 aromatic carbocycles. The Hall–Kier alpha value is -2.74. The summed E-state index contributed by atoms with van der Waals surface area (Å²) in [5.41, 5.74) is 8.45. The van der Waals surface area contributed by atoms with E-state index in [-0.39, 0.29) is 6.04 Å². The molecule has 2 aromatic heterocycles. The summed E-state index contributed by atoms with van der Waals surface area (Å²) in [7, 11) is 0. The third-order valence-corrected chi connectivity index (χ3v) is 4.18. The van der Waals surface area contributed by atoms with Gasteiger partial charge in [-0.25, -0.2) is 23.1 Å². The Kier molecular flexibility index (Phi) is 5.85. The van der Waals surface area contributed by atoms with Crippen LogP contribution < -0.4 is 10.6 Å². The summed E-state index contributed by atoms with van der Waals surface area (Å²) >= 11 is 0. The van der Waals surface area contributed by atoms with E-state index < -0.39 is 17.5 Å². The zero-order chi connectivity index (χ0) is 19.4. The van der Waals surface area contributed by atoms with Crippen molar-refractivity contribution in [1.82, 2.24) is 15.0 Å². The van der Waals surface area contributed by atoms with Crippen molar-refractivity contribution in [2.45, 2.75) is 25.8 Å². The monoisotopic (exact) mass is 375 g/mol. The van der Waals surface area contributed by atoms with Crippen molar-refractivity contribution in [3.8, 4) is 0 Å². The van der Waals surface area contributed by atoms with Crippen LogP contribution in [0.1, 0.15) is 18.5 Å². The van der Waals surface area contributed by atoms with Crippen LogP contribution in [0.15, 0.2) is 36.5 Å². The third kappa shape index (κ3) is 4.91. The van der Waals surface area contributed by atoms with Crippen molar-refractivity contribution in [1.29, 1.82) is 0 Å². The van der Waals surface area contributed by atoms with Crippen molar-refractivity contribution in [3.63, 3.8) is 0 Å². The van der Waals surface area contributed by atoms with Gasteiger partial charge in [-0.05, 0) is 44.0 Å². The van der Waals surface area contributed by atoms with Crippen LogP contribution in [0.2, 0.25) is 0 Å². The Labute approximate surface area is 155 Å². The van der Waals surface area contributed by atoms with Crippen LogP contribution >= 0.6 is 0 Å². The highest BCUT2D eigenvalue weighted by molar-refractivity contribution is 5.72. The largest absolute Gasteiger partial charge is 0.355 e. The Balaban J connectivity index is 0.000000197. The molecule has 1 saturated heterocycles. The quantitative estimate of drug-likeness (QED) is 0.661. The lowest BCUT2D eigenvalue weighted by Gasteiger charge is -2.31. The van der Waals surface area contributed by atoms with Gasteiger partial charge in [-0.1, -0.05) is 0 Å². The average molecular weight is 375 g/mol. The number of fused-ring (bicyclic) bond motifs is 1. The highest BCUT2D eigenvalue weighted by Crippen LogP contribution is 2.19. The van der Waals surface area contributed by atoms with Gasteiger partial charge in [0.1, 0.15) is 17.2 Å². The molecule has 8 heteroatoms. The molecule has 2 N–H and O–H groups in total. The molecule has 4 rings (SSSR count). The van der Waals surface area contributed by atoms with Gasteiger partial charge in [0.2, 0.25) is 0 Å². The van der Waals surface area contributed by atoms with Gasteiger partial charge in [-0.15, -0.1) is 0 Å². The number of nitrogens with zero attached hydrogens (tertiary/aromatic N) is 4. The van der Waals surface area contributed by atoms with E-state index in [2.05, 4.69) is 19.9 Å². The first-order chi connectivity index (χ1) is 12.9. The molecule has 27 heavy (non-hydrogen) atoms. The molecule has 1 atom stereocenters. The molecular formula is C19H20F3N5. The fourth-order valence-corrected chi connectivity index (χ4v) is 2.84. The summed E-state index contributed by atoms with van der Waals surface area (Å²) in [6.07, 6.45) is 3.99. The first kappa shape index (κ1) is 19.0. The van der Waals surface area contributed by atoms with Crippen LogP contribution in [0.25, 0.3) is 11.2 Å². The summed E-state index contributed by atoms with van der Waals surface area (Å²) in [5.74, 6) is -2.00. The van der Waals surface area contributed by atoms with Crippen molar-refractivity contribution in [2.24, 2.45) is 5.73 Å². The van der Waals surface area contributed by atoms with Crippen molar-refractivity contribution >= 4 is 17.0 Å². The molecule has 1 fully saturated rings. The lowest BCUT2D eigenvalue weighted by atomic mass is 10.1. The van der Waals surface area contributed by atoms with Gasteiger partial charge in [-0.3, -0.25) is 4.98 Å². The molecule has 5 nitrogen and oxygen atoms in total. The van der Waals surface area contributed by atoms with Crippen LogP contribution in [0, 0.1) is 24.4 Å². The first-order valence-electron chi connectivity index (χ1n) is 8.64. The van der Waals surface area contributed by atoms with Crippen LogP contribution in [-0.4, -0.2) is 34.1 Å². The van der Waals surface area contributed by atoms with Gasteiger partial charge in [0, 0.05) is 31.4 Å².